The first-order valence-electron chi connectivity index (χ1n) is 9.50. The lowest BCUT2D eigenvalue weighted by Crippen LogP contribution is -2.35. The van der Waals surface area contributed by atoms with Gasteiger partial charge in [0.15, 0.2) is 0 Å². The van der Waals surface area contributed by atoms with Gasteiger partial charge in [-0.05, 0) is 49.2 Å². The summed E-state index contributed by atoms with van der Waals surface area (Å²) in [7, 11) is 0. The minimum Gasteiger partial charge on any atom is -0.310 e. The summed E-state index contributed by atoms with van der Waals surface area (Å²) in [5.74, 6) is -0.142. The van der Waals surface area contributed by atoms with Crippen molar-refractivity contribution in [1.82, 2.24) is 14.5 Å². The van der Waals surface area contributed by atoms with E-state index in [2.05, 4.69) is 16.0 Å². The summed E-state index contributed by atoms with van der Waals surface area (Å²) in [6.07, 6.45) is 2.19. The Kier molecular flexibility index (Phi) is 4.64. The number of benzene rings is 2. The van der Waals surface area contributed by atoms with Gasteiger partial charge in [-0.2, -0.15) is 0 Å². The summed E-state index contributed by atoms with van der Waals surface area (Å²) in [6, 6.07) is 11.0. The molecule has 30 heavy (non-hydrogen) atoms. The molecule has 0 N–H and O–H groups in total. The van der Waals surface area contributed by atoms with Crippen molar-refractivity contribution < 1.29 is 4.79 Å². The van der Waals surface area contributed by atoms with Crippen LogP contribution in [-0.4, -0.2) is 27.0 Å². The lowest BCUT2D eigenvalue weighted by Gasteiger charge is -2.18. The highest BCUT2D eigenvalue weighted by Gasteiger charge is 2.25. The Morgan fingerprint density at radius 2 is 2.10 bits per heavy atom. The van der Waals surface area contributed by atoms with Crippen LogP contribution in [0.2, 0.25) is 5.02 Å². The van der Waals surface area contributed by atoms with Crippen molar-refractivity contribution >= 4 is 45.4 Å². The van der Waals surface area contributed by atoms with Crippen molar-refractivity contribution in [3.63, 3.8) is 0 Å². The highest BCUT2D eigenvalue weighted by molar-refractivity contribution is 7.09. The Morgan fingerprint density at radius 3 is 2.90 bits per heavy atom. The van der Waals surface area contributed by atoms with Gasteiger partial charge in [-0.3, -0.25) is 14.2 Å². The zero-order chi connectivity index (χ0) is 20.8. The third-order valence-corrected chi connectivity index (χ3v) is 6.29. The predicted molar refractivity (Wildman–Crippen MR) is 119 cm³/mol. The minimum absolute atomic E-state index is 0.0687. The third kappa shape index (κ3) is 3.30. The van der Waals surface area contributed by atoms with Crippen LogP contribution >= 0.6 is 22.9 Å². The molecule has 150 valence electrons. The van der Waals surface area contributed by atoms with Crippen LogP contribution in [0.5, 0.6) is 0 Å². The number of aryl methyl sites for hydroxylation is 1. The van der Waals surface area contributed by atoms with Gasteiger partial charge in [0, 0.05) is 28.2 Å². The normalized spacial score (nSPS) is 13.1. The molecule has 2 aromatic heterocycles. The molecule has 3 heterocycles. The fourth-order valence-electron chi connectivity index (χ4n) is 3.79. The maximum absolute atomic E-state index is 13.0. The van der Waals surface area contributed by atoms with Crippen LogP contribution < -0.4 is 10.5 Å². The van der Waals surface area contributed by atoms with Crippen LogP contribution in [0.15, 0.2) is 52.9 Å². The van der Waals surface area contributed by atoms with Gasteiger partial charge < -0.3 is 4.90 Å². The molecular formula is C22H17ClN4O2S. The molecule has 1 amide bonds. The molecule has 8 heteroatoms. The molecule has 0 bridgehead atoms. The zero-order valence-corrected chi connectivity index (χ0v) is 17.7. The van der Waals surface area contributed by atoms with E-state index in [1.807, 2.05) is 24.4 Å². The Hall–Kier alpha value is -3.03. The number of amides is 1. The van der Waals surface area contributed by atoms with Crippen molar-refractivity contribution in [3.05, 3.63) is 74.1 Å². The number of anilines is 1. The van der Waals surface area contributed by atoms with Crippen molar-refractivity contribution in [2.24, 2.45) is 0 Å². The summed E-state index contributed by atoms with van der Waals surface area (Å²) in [5, 5.41) is 3.94. The molecule has 5 rings (SSSR count). The molecule has 0 atom stereocenters. The Balaban J connectivity index is 1.42. The maximum Gasteiger partial charge on any atom is 0.261 e. The second kappa shape index (κ2) is 7.34. The number of rotatable bonds is 3. The summed E-state index contributed by atoms with van der Waals surface area (Å²) in [6.45, 7) is 2.51. The van der Waals surface area contributed by atoms with E-state index < -0.39 is 0 Å². The van der Waals surface area contributed by atoms with Gasteiger partial charge in [-0.15, -0.1) is 11.3 Å². The Labute approximate surface area is 181 Å². The van der Waals surface area contributed by atoms with Crippen molar-refractivity contribution in [3.8, 4) is 11.3 Å². The number of thiazole rings is 1. The molecule has 6 nitrogen and oxygen atoms in total. The first-order chi connectivity index (χ1) is 14.5. The van der Waals surface area contributed by atoms with E-state index >= 15 is 0 Å². The van der Waals surface area contributed by atoms with E-state index in [0.29, 0.717) is 22.5 Å². The van der Waals surface area contributed by atoms with Crippen LogP contribution in [0, 0.1) is 6.92 Å². The van der Waals surface area contributed by atoms with Gasteiger partial charge in [-0.25, -0.2) is 9.97 Å². The number of carbonyl (C=O) groups excluding carboxylic acids is 1. The van der Waals surface area contributed by atoms with E-state index in [1.54, 1.807) is 34.4 Å². The molecular weight excluding hydrogens is 420 g/mol. The number of halogens is 1. The van der Waals surface area contributed by atoms with Gasteiger partial charge in [-0.1, -0.05) is 17.7 Å². The minimum atomic E-state index is -0.274. The number of aromatic nitrogens is 3. The van der Waals surface area contributed by atoms with Crippen LogP contribution in [0.25, 0.3) is 22.2 Å². The number of fused-ring (bicyclic) bond motifs is 2. The number of hydrogen-bond acceptors (Lipinski definition) is 5. The lowest BCUT2D eigenvalue weighted by molar-refractivity contribution is -0.119. The monoisotopic (exact) mass is 436 g/mol. The van der Waals surface area contributed by atoms with Crippen LogP contribution in [0.3, 0.4) is 0 Å². The molecule has 0 saturated carbocycles. The number of carbonyl (C=O) groups is 1. The molecule has 1 aliphatic rings. The fraction of sp³-hybridized carbons (Fsp3) is 0.182. The van der Waals surface area contributed by atoms with Crippen molar-refractivity contribution in [2.75, 3.05) is 11.4 Å². The third-order valence-electron chi connectivity index (χ3n) is 5.28. The average molecular weight is 437 g/mol. The lowest BCUT2D eigenvalue weighted by atomic mass is 10.1. The Bertz CT molecular complexity index is 1360. The molecule has 0 saturated heterocycles. The molecule has 0 unspecified atom stereocenters. The predicted octanol–water partition coefficient (Wildman–Crippen LogP) is 4.07. The van der Waals surface area contributed by atoms with Crippen LogP contribution in [-0.2, 0) is 17.8 Å². The van der Waals surface area contributed by atoms with Crippen molar-refractivity contribution in [1.29, 1.82) is 0 Å². The van der Waals surface area contributed by atoms with Gasteiger partial charge in [0.25, 0.3) is 5.56 Å². The van der Waals surface area contributed by atoms with Crippen molar-refractivity contribution in [2.45, 2.75) is 19.9 Å². The maximum atomic E-state index is 13.0. The van der Waals surface area contributed by atoms with E-state index in [1.165, 1.54) is 10.9 Å². The zero-order valence-electron chi connectivity index (χ0n) is 16.1. The molecule has 0 fully saturated rings. The standard InChI is InChI=1S/C22H17ClN4O2S/c1-13-25-19(11-30-13)14-2-5-20-15(8-14)6-7-27(20)21(28)10-26-12-24-18-4-3-16(23)9-17(18)22(26)29/h2-5,8-9,11-12H,6-7,10H2,1H3. The van der Waals surface area contributed by atoms with Crippen LogP contribution in [0.1, 0.15) is 10.6 Å². The molecule has 0 spiro atoms. The van der Waals surface area contributed by atoms with E-state index in [-0.39, 0.29) is 18.0 Å². The van der Waals surface area contributed by atoms with Gasteiger partial charge in [0.1, 0.15) is 6.54 Å². The van der Waals surface area contributed by atoms with E-state index in [9.17, 15) is 9.59 Å². The number of hydrogen-bond donors (Lipinski definition) is 0. The van der Waals surface area contributed by atoms with Crippen LogP contribution in [0.4, 0.5) is 5.69 Å². The largest absolute Gasteiger partial charge is 0.310 e. The Morgan fingerprint density at radius 1 is 1.23 bits per heavy atom. The topological polar surface area (TPSA) is 68.1 Å². The van der Waals surface area contributed by atoms with Gasteiger partial charge >= 0.3 is 0 Å². The first kappa shape index (κ1) is 19.0. The summed E-state index contributed by atoms with van der Waals surface area (Å²) >= 11 is 7.63. The number of nitrogens with zero attached hydrogens (tertiary/aromatic N) is 4. The van der Waals surface area contributed by atoms with Gasteiger partial charge in [0.05, 0.1) is 27.9 Å². The quantitative estimate of drug-likeness (QED) is 0.485. The fourth-order valence-corrected chi connectivity index (χ4v) is 4.59. The summed E-state index contributed by atoms with van der Waals surface area (Å²) in [4.78, 5) is 36.3. The second-order valence-corrected chi connectivity index (χ2v) is 8.73. The summed E-state index contributed by atoms with van der Waals surface area (Å²) < 4.78 is 1.34. The molecule has 2 aromatic carbocycles. The highest BCUT2D eigenvalue weighted by Crippen LogP contribution is 2.33. The summed E-state index contributed by atoms with van der Waals surface area (Å²) in [5.41, 5.74) is 4.30. The SMILES string of the molecule is Cc1nc(-c2ccc3c(c2)CCN3C(=O)Cn2cnc3ccc(Cl)cc3c2=O)cs1. The average Bonchev–Trinajstić information content (AvgIpc) is 3.36. The molecule has 1 aliphatic heterocycles. The second-order valence-electron chi connectivity index (χ2n) is 7.23. The molecule has 0 aliphatic carbocycles. The van der Waals surface area contributed by atoms with E-state index in [4.69, 9.17) is 11.6 Å². The molecule has 0 radical (unpaired) electrons. The van der Waals surface area contributed by atoms with E-state index in [0.717, 1.165) is 33.9 Å². The molecule has 4 aromatic rings. The highest BCUT2D eigenvalue weighted by atomic mass is 35.5. The first-order valence-corrected chi connectivity index (χ1v) is 10.8. The van der Waals surface area contributed by atoms with Gasteiger partial charge in [0.2, 0.25) is 5.91 Å². The smallest absolute Gasteiger partial charge is 0.261 e.